The molecule has 18 heavy (non-hydrogen) atoms. The summed E-state index contributed by atoms with van der Waals surface area (Å²) in [4.78, 5) is 0. The van der Waals surface area contributed by atoms with Crippen LogP contribution in [0.2, 0.25) is 0 Å². The number of methoxy groups -OCH3 is 1. The first-order valence-electron chi connectivity index (χ1n) is 6.69. The van der Waals surface area contributed by atoms with Gasteiger partial charge in [0.05, 0.1) is 11.6 Å². The number of nitrogens with one attached hydrogen (secondary N) is 1. The van der Waals surface area contributed by atoms with Crippen LogP contribution in [-0.4, -0.2) is 19.3 Å². The molecule has 0 spiro atoms. The van der Waals surface area contributed by atoms with Gasteiger partial charge in [-0.3, -0.25) is 0 Å². The first-order valence-corrected chi connectivity index (χ1v) is 6.69. The van der Waals surface area contributed by atoms with Crippen LogP contribution >= 0.6 is 0 Å². The molecule has 0 aliphatic carbocycles. The zero-order valence-electron chi connectivity index (χ0n) is 12.8. The second-order valence-electron chi connectivity index (χ2n) is 5.59. The van der Waals surface area contributed by atoms with Gasteiger partial charge in [0.15, 0.2) is 0 Å². The summed E-state index contributed by atoms with van der Waals surface area (Å²) in [6.07, 6.45) is 0. The van der Waals surface area contributed by atoms with E-state index in [2.05, 4.69) is 59.0 Å². The van der Waals surface area contributed by atoms with Crippen molar-refractivity contribution in [2.24, 2.45) is 0 Å². The van der Waals surface area contributed by atoms with Crippen molar-refractivity contribution in [3.63, 3.8) is 0 Å². The minimum atomic E-state index is -0.220. The molecule has 0 radical (unpaired) electrons. The molecule has 1 aromatic rings. The summed E-state index contributed by atoms with van der Waals surface area (Å²) in [7, 11) is 1.78. The number of ether oxygens (including phenoxy) is 1. The molecule has 0 bridgehead atoms. The van der Waals surface area contributed by atoms with Gasteiger partial charge < -0.3 is 10.1 Å². The van der Waals surface area contributed by atoms with Crippen LogP contribution in [0, 0.1) is 20.8 Å². The highest BCUT2D eigenvalue weighted by molar-refractivity contribution is 5.39. The van der Waals surface area contributed by atoms with E-state index in [4.69, 9.17) is 4.74 Å². The number of hydrogen-bond acceptors (Lipinski definition) is 2. The van der Waals surface area contributed by atoms with E-state index < -0.39 is 0 Å². The number of likely N-dealkylation sites (N-methyl/N-ethyl adjacent to an activating group) is 1. The van der Waals surface area contributed by atoms with Crippen LogP contribution in [0.25, 0.3) is 0 Å². The fourth-order valence-corrected chi connectivity index (χ4v) is 2.35. The predicted molar refractivity (Wildman–Crippen MR) is 78.2 cm³/mol. The van der Waals surface area contributed by atoms with Gasteiger partial charge in [-0.1, -0.05) is 19.1 Å². The topological polar surface area (TPSA) is 21.3 Å². The SMILES string of the molecule is CCNC(c1cc(C)c(C)cc1C)C(C)(C)OC. The molecular formula is C16H27NO. The van der Waals surface area contributed by atoms with Crippen molar-refractivity contribution in [3.05, 3.63) is 34.4 Å². The van der Waals surface area contributed by atoms with Crippen LogP contribution in [0.15, 0.2) is 12.1 Å². The maximum atomic E-state index is 5.67. The maximum Gasteiger partial charge on any atom is 0.0816 e. The Bertz CT molecular complexity index is 410. The Kier molecular flexibility index (Phi) is 4.94. The molecular weight excluding hydrogens is 222 g/mol. The van der Waals surface area contributed by atoms with Gasteiger partial charge in [-0.05, 0) is 63.4 Å². The van der Waals surface area contributed by atoms with Gasteiger partial charge in [0.2, 0.25) is 0 Å². The average Bonchev–Trinajstić information content (AvgIpc) is 2.31. The molecule has 0 heterocycles. The van der Waals surface area contributed by atoms with Gasteiger partial charge in [0.1, 0.15) is 0 Å². The van der Waals surface area contributed by atoms with Crippen molar-refractivity contribution in [1.29, 1.82) is 0 Å². The Balaban J connectivity index is 3.26. The summed E-state index contributed by atoms with van der Waals surface area (Å²) in [5.74, 6) is 0. The molecule has 2 heteroatoms. The van der Waals surface area contributed by atoms with Crippen molar-refractivity contribution in [2.45, 2.75) is 53.2 Å². The quantitative estimate of drug-likeness (QED) is 0.859. The minimum absolute atomic E-state index is 0.215. The van der Waals surface area contributed by atoms with Crippen LogP contribution in [0.1, 0.15) is 49.1 Å². The molecule has 1 unspecified atom stereocenters. The first-order chi connectivity index (χ1) is 8.33. The molecule has 0 aliphatic heterocycles. The molecule has 1 atom stereocenters. The van der Waals surface area contributed by atoms with Crippen molar-refractivity contribution in [1.82, 2.24) is 5.32 Å². The maximum absolute atomic E-state index is 5.67. The molecule has 0 saturated carbocycles. The normalized spacial score (nSPS) is 13.7. The third-order valence-electron chi connectivity index (χ3n) is 3.82. The van der Waals surface area contributed by atoms with Crippen molar-refractivity contribution >= 4 is 0 Å². The Morgan fingerprint density at radius 2 is 1.67 bits per heavy atom. The fourth-order valence-electron chi connectivity index (χ4n) is 2.35. The van der Waals surface area contributed by atoms with Crippen LogP contribution in [0.3, 0.4) is 0 Å². The van der Waals surface area contributed by atoms with E-state index in [1.807, 2.05) is 0 Å². The second kappa shape index (κ2) is 5.85. The lowest BCUT2D eigenvalue weighted by Crippen LogP contribution is -2.41. The lowest BCUT2D eigenvalue weighted by molar-refractivity contribution is -0.0108. The highest BCUT2D eigenvalue weighted by Gasteiger charge is 2.31. The predicted octanol–water partition coefficient (Wildman–Crippen LogP) is 3.69. The lowest BCUT2D eigenvalue weighted by Gasteiger charge is -2.35. The molecule has 0 fully saturated rings. The third kappa shape index (κ3) is 3.12. The highest BCUT2D eigenvalue weighted by atomic mass is 16.5. The van der Waals surface area contributed by atoms with Gasteiger partial charge in [-0.2, -0.15) is 0 Å². The van der Waals surface area contributed by atoms with Gasteiger partial charge in [0.25, 0.3) is 0 Å². The van der Waals surface area contributed by atoms with Crippen LogP contribution in [0.4, 0.5) is 0 Å². The van der Waals surface area contributed by atoms with E-state index >= 15 is 0 Å². The molecule has 102 valence electrons. The molecule has 0 aliphatic rings. The second-order valence-corrected chi connectivity index (χ2v) is 5.59. The molecule has 0 saturated heterocycles. The molecule has 1 rings (SSSR count). The summed E-state index contributed by atoms with van der Waals surface area (Å²) >= 11 is 0. The standard InChI is InChI=1S/C16H27NO/c1-8-17-15(16(5,6)18-7)14-10-12(3)11(2)9-13(14)4/h9-10,15,17H,8H2,1-7H3. The average molecular weight is 249 g/mol. The first kappa shape index (κ1) is 15.2. The number of aryl methyl sites for hydroxylation is 3. The van der Waals surface area contributed by atoms with E-state index in [-0.39, 0.29) is 11.6 Å². The lowest BCUT2D eigenvalue weighted by atomic mass is 9.87. The molecule has 0 aromatic heterocycles. The van der Waals surface area contributed by atoms with Crippen molar-refractivity contribution in [2.75, 3.05) is 13.7 Å². The highest BCUT2D eigenvalue weighted by Crippen LogP contribution is 2.31. The Labute approximate surface area is 112 Å². The monoisotopic (exact) mass is 249 g/mol. The Morgan fingerprint density at radius 3 is 2.17 bits per heavy atom. The molecule has 0 amide bonds. The Morgan fingerprint density at radius 1 is 1.11 bits per heavy atom. The van der Waals surface area contributed by atoms with Crippen LogP contribution < -0.4 is 5.32 Å². The molecule has 1 N–H and O–H groups in total. The summed E-state index contributed by atoms with van der Waals surface area (Å²) in [6.45, 7) is 13.8. The minimum Gasteiger partial charge on any atom is -0.377 e. The van der Waals surface area contributed by atoms with Gasteiger partial charge >= 0.3 is 0 Å². The van der Waals surface area contributed by atoms with Gasteiger partial charge in [-0.15, -0.1) is 0 Å². The number of rotatable bonds is 5. The summed E-state index contributed by atoms with van der Waals surface area (Å²) in [6, 6.07) is 4.77. The summed E-state index contributed by atoms with van der Waals surface area (Å²) in [5.41, 5.74) is 5.13. The molecule has 2 nitrogen and oxygen atoms in total. The summed E-state index contributed by atoms with van der Waals surface area (Å²) in [5, 5.41) is 3.55. The van der Waals surface area contributed by atoms with Crippen LogP contribution in [-0.2, 0) is 4.74 Å². The van der Waals surface area contributed by atoms with E-state index in [0.717, 1.165) is 6.54 Å². The third-order valence-corrected chi connectivity index (χ3v) is 3.82. The van der Waals surface area contributed by atoms with E-state index in [1.54, 1.807) is 7.11 Å². The smallest absolute Gasteiger partial charge is 0.0816 e. The van der Waals surface area contributed by atoms with E-state index in [1.165, 1.54) is 22.3 Å². The van der Waals surface area contributed by atoms with Crippen LogP contribution in [0.5, 0.6) is 0 Å². The number of hydrogen-bond donors (Lipinski definition) is 1. The fraction of sp³-hybridized carbons (Fsp3) is 0.625. The number of benzene rings is 1. The summed E-state index contributed by atoms with van der Waals surface area (Å²) < 4.78 is 5.67. The zero-order chi connectivity index (χ0) is 13.9. The van der Waals surface area contributed by atoms with E-state index in [9.17, 15) is 0 Å². The Hall–Kier alpha value is -0.860. The van der Waals surface area contributed by atoms with Gasteiger partial charge in [-0.25, -0.2) is 0 Å². The zero-order valence-corrected chi connectivity index (χ0v) is 12.8. The van der Waals surface area contributed by atoms with Crippen molar-refractivity contribution < 1.29 is 4.74 Å². The van der Waals surface area contributed by atoms with Gasteiger partial charge in [0, 0.05) is 7.11 Å². The largest absolute Gasteiger partial charge is 0.377 e. The molecule has 1 aromatic carbocycles. The van der Waals surface area contributed by atoms with E-state index in [0.29, 0.717) is 0 Å². The van der Waals surface area contributed by atoms with Crippen molar-refractivity contribution in [3.8, 4) is 0 Å².